The molecule has 0 saturated carbocycles. The van der Waals surface area contributed by atoms with E-state index in [1.165, 1.54) is 12.4 Å². The SMILES string of the molecule is CC(=O)C1CCN(c2cc(-c3ccc(C)c(F)c3)ncn2)CC1. The van der Waals surface area contributed by atoms with E-state index in [2.05, 4.69) is 14.9 Å². The first-order valence-corrected chi connectivity index (χ1v) is 7.88. The van der Waals surface area contributed by atoms with Crippen molar-refractivity contribution in [1.82, 2.24) is 9.97 Å². The molecule has 5 heteroatoms. The maximum absolute atomic E-state index is 13.8. The Labute approximate surface area is 135 Å². The van der Waals surface area contributed by atoms with Gasteiger partial charge in [-0.25, -0.2) is 14.4 Å². The number of hydrogen-bond acceptors (Lipinski definition) is 4. The number of rotatable bonds is 3. The Kier molecular flexibility index (Phi) is 4.37. The predicted molar refractivity (Wildman–Crippen MR) is 87.8 cm³/mol. The number of benzene rings is 1. The van der Waals surface area contributed by atoms with Gasteiger partial charge >= 0.3 is 0 Å². The van der Waals surface area contributed by atoms with Gasteiger partial charge in [-0.05, 0) is 38.3 Å². The van der Waals surface area contributed by atoms with E-state index in [9.17, 15) is 9.18 Å². The molecule has 1 aromatic heterocycles. The van der Waals surface area contributed by atoms with E-state index in [-0.39, 0.29) is 17.5 Å². The number of aromatic nitrogens is 2. The van der Waals surface area contributed by atoms with Crippen LogP contribution in [0.5, 0.6) is 0 Å². The second-order valence-electron chi connectivity index (χ2n) is 6.10. The summed E-state index contributed by atoms with van der Waals surface area (Å²) in [5, 5.41) is 0. The van der Waals surface area contributed by atoms with Crippen LogP contribution in [0.25, 0.3) is 11.3 Å². The van der Waals surface area contributed by atoms with Gasteiger partial charge in [0, 0.05) is 30.6 Å². The predicted octanol–water partition coefficient (Wildman–Crippen LogP) is 3.40. The highest BCUT2D eigenvalue weighted by Gasteiger charge is 2.23. The zero-order valence-corrected chi connectivity index (χ0v) is 13.4. The number of carbonyl (C=O) groups excluding carboxylic acids is 1. The van der Waals surface area contributed by atoms with Crippen LogP contribution in [0.3, 0.4) is 0 Å². The van der Waals surface area contributed by atoms with Gasteiger partial charge in [0.05, 0.1) is 5.69 Å². The number of aryl methyl sites for hydroxylation is 1. The largest absolute Gasteiger partial charge is 0.356 e. The Morgan fingerprint density at radius 3 is 2.61 bits per heavy atom. The van der Waals surface area contributed by atoms with Gasteiger partial charge in [-0.15, -0.1) is 0 Å². The highest BCUT2D eigenvalue weighted by atomic mass is 19.1. The van der Waals surface area contributed by atoms with E-state index in [1.807, 2.05) is 12.1 Å². The zero-order valence-electron chi connectivity index (χ0n) is 13.4. The minimum absolute atomic E-state index is 0.166. The standard InChI is InChI=1S/C18H20FN3O/c1-12-3-4-15(9-16(12)19)17-10-18(21-11-20-17)22-7-5-14(6-8-22)13(2)23/h3-4,9-11,14H,5-8H2,1-2H3. The molecule has 1 aromatic carbocycles. The molecule has 2 heterocycles. The molecule has 1 saturated heterocycles. The lowest BCUT2D eigenvalue weighted by Crippen LogP contribution is -2.36. The zero-order chi connectivity index (χ0) is 16.4. The molecule has 0 unspecified atom stereocenters. The summed E-state index contributed by atoms with van der Waals surface area (Å²) in [6.07, 6.45) is 3.22. The van der Waals surface area contributed by atoms with Gasteiger partial charge in [-0.3, -0.25) is 4.79 Å². The van der Waals surface area contributed by atoms with E-state index in [4.69, 9.17) is 0 Å². The van der Waals surface area contributed by atoms with Gasteiger partial charge in [0.2, 0.25) is 0 Å². The Morgan fingerprint density at radius 2 is 1.96 bits per heavy atom. The molecule has 2 aromatic rings. The molecule has 0 spiro atoms. The van der Waals surface area contributed by atoms with Crippen molar-refractivity contribution in [3.8, 4) is 11.3 Å². The lowest BCUT2D eigenvalue weighted by molar-refractivity contribution is -0.121. The van der Waals surface area contributed by atoms with Crippen LogP contribution in [0.15, 0.2) is 30.6 Å². The molecule has 0 N–H and O–H groups in total. The Morgan fingerprint density at radius 1 is 1.22 bits per heavy atom. The number of piperidine rings is 1. The number of nitrogens with zero attached hydrogens (tertiary/aromatic N) is 3. The van der Waals surface area contributed by atoms with Crippen molar-refractivity contribution in [2.75, 3.05) is 18.0 Å². The lowest BCUT2D eigenvalue weighted by atomic mass is 9.93. The summed E-state index contributed by atoms with van der Waals surface area (Å²) < 4.78 is 13.8. The molecule has 0 atom stereocenters. The molecular weight excluding hydrogens is 293 g/mol. The fraction of sp³-hybridized carbons (Fsp3) is 0.389. The highest BCUT2D eigenvalue weighted by molar-refractivity contribution is 5.78. The second-order valence-corrected chi connectivity index (χ2v) is 6.10. The number of Topliss-reactive ketones (excluding diaryl/α,β-unsaturated/α-hetero) is 1. The third-order valence-electron chi connectivity index (χ3n) is 4.51. The van der Waals surface area contributed by atoms with Crippen LogP contribution < -0.4 is 4.90 Å². The Bertz CT molecular complexity index is 724. The summed E-state index contributed by atoms with van der Waals surface area (Å²) in [6.45, 7) is 5.02. The van der Waals surface area contributed by atoms with E-state index >= 15 is 0 Å². The highest BCUT2D eigenvalue weighted by Crippen LogP contribution is 2.26. The topological polar surface area (TPSA) is 46.1 Å². The van der Waals surface area contributed by atoms with Gasteiger partial charge in [-0.1, -0.05) is 12.1 Å². The first-order valence-electron chi connectivity index (χ1n) is 7.88. The number of carbonyl (C=O) groups is 1. The monoisotopic (exact) mass is 313 g/mol. The summed E-state index contributed by atoms with van der Waals surface area (Å²) in [6, 6.07) is 7.01. The van der Waals surface area contributed by atoms with Gasteiger partial charge < -0.3 is 4.90 Å². The van der Waals surface area contributed by atoms with Crippen molar-refractivity contribution in [2.24, 2.45) is 5.92 Å². The average Bonchev–Trinajstić information content (AvgIpc) is 2.57. The molecule has 1 aliphatic heterocycles. The number of halogens is 1. The van der Waals surface area contributed by atoms with Crippen molar-refractivity contribution < 1.29 is 9.18 Å². The average molecular weight is 313 g/mol. The first kappa shape index (κ1) is 15.6. The molecular formula is C18H20FN3O. The molecule has 1 fully saturated rings. The van der Waals surface area contributed by atoms with E-state index in [1.54, 1.807) is 19.9 Å². The lowest BCUT2D eigenvalue weighted by Gasteiger charge is -2.31. The van der Waals surface area contributed by atoms with Crippen LogP contribution >= 0.6 is 0 Å². The molecule has 0 aliphatic carbocycles. The van der Waals surface area contributed by atoms with Crippen LogP contribution in [0.4, 0.5) is 10.2 Å². The molecule has 23 heavy (non-hydrogen) atoms. The first-order chi connectivity index (χ1) is 11.0. The van der Waals surface area contributed by atoms with Gasteiger partial charge in [0.25, 0.3) is 0 Å². The molecule has 4 nitrogen and oxygen atoms in total. The van der Waals surface area contributed by atoms with Crippen molar-refractivity contribution in [3.05, 3.63) is 42.0 Å². The maximum atomic E-state index is 13.8. The normalized spacial score (nSPS) is 15.7. The summed E-state index contributed by atoms with van der Waals surface area (Å²) in [4.78, 5) is 22.2. The third kappa shape index (κ3) is 3.38. The Hall–Kier alpha value is -2.30. The van der Waals surface area contributed by atoms with Gasteiger partial charge in [-0.2, -0.15) is 0 Å². The molecule has 1 aliphatic rings. The molecule has 3 rings (SSSR count). The summed E-state index contributed by atoms with van der Waals surface area (Å²) in [7, 11) is 0. The van der Waals surface area contributed by atoms with Crippen LogP contribution in [-0.2, 0) is 4.79 Å². The minimum atomic E-state index is -0.232. The van der Waals surface area contributed by atoms with Crippen LogP contribution in [-0.4, -0.2) is 28.8 Å². The smallest absolute Gasteiger partial charge is 0.133 e. The van der Waals surface area contributed by atoms with Crippen molar-refractivity contribution in [1.29, 1.82) is 0 Å². The number of ketones is 1. The number of anilines is 1. The van der Waals surface area contributed by atoms with E-state index in [0.29, 0.717) is 11.3 Å². The van der Waals surface area contributed by atoms with Gasteiger partial charge in [0.1, 0.15) is 23.7 Å². The van der Waals surface area contributed by atoms with Crippen LogP contribution in [0, 0.1) is 18.7 Å². The quantitative estimate of drug-likeness (QED) is 0.871. The second kappa shape index (κ2) is 6.44. The van der Waals surface area contributed by atoms with E-state index < -0.39 is 0 Å². The van der Waals surface area contributed by atoms with Crippen molar-refractivity contribution in [3.63, 3.8) is 0 Å². The Balaban J connectivity index is 1.80. The van der Waals surface area contributed by atoms with Crippen molar-refractivity contribution in [2.45, 2.75) is 26.7 Å². The van der Waals surface area contributed by atoms with Crippen molar-refractivity contribution >= 4 is 11.6 Å². The summed E-state index contributed by atoms with van der Waals surface area (Å²) >= 11 is 0. The molecule has 120 valence electrons. The third-order valence-corrected chi connectivity index (χ3v) is 4.51. The minimum Gasteiger partial charge on any atom is -0.356 e. The van der Waals surface area contributed by atoms with Crippen LogP contribution in [0.1, 0.15) is 25.3 Å². The molecule has 0 bridgehead atoms. The van der Waals surface area contributed by atoms with E-state index in [0.717, 1.165) is 37.3 Å². The molecule has 0 radical (unpaired) electrons. The fourth-order valence-corrected chi connectivity index (χ4v) is 2.95. The van der Waals surface area contributed by atoms with Crippen LogP contribution in [0.2, 0.25) is 0 Å². The maximum Gasteiger partial charge on any atom is 0.133 e. The molecule has 0 amide bonds. The summed E-state index contributed by atoms with van der Waals surface area (Å²) in [5.74, 6) is 1.03. The van der Waals surface area contributed by atoms with Gasteiger partial charge in [0.15, 0.2) is 0 Å². The number of hydrogen-bond donors (Lipinski definition) is 0. The summed E-state index contributed by atoms with van der Waals surface area (Å²) in [5.41, 5.74) is 2.08. The fourth-order valence-electron chi connectivity index (χ4n) is 2.95.